The maximum atomic E-state index is 10.9. The largest absolute Gasteiger partial charge is 0.446 e. The third kappa shape index (κ3) is 2.05. The molecule has 14 heteroatoms. The molecular formula is C10H18N7O7+. The van der Waals surface area contributed by atoms with Gasteiger partial charge in [-0.05, 0) is 0 Å². The number of carbonyl (C=O) groups excluding carboxylic acids is 1. The first kappa shape index (κ1) is 16.5. The van der Waals surface area contributed by atoms with Gasteiger partial charge in [-0.25, -0.2) is 19.6 Å². The van der Waals surface area contributed by atoms with Crippen LogP contribution in [-0.2, 0) is 14.7 Å². The van der Waals surface area contributed by atoms with E-state index in [1.807, 2.05) is 0 Å². The van der Waals surface area contributed by atoms with Crippen LogP contribution in [0.2, 0.25) is 0 Å². The second kappa shape index (κ2) is 5.32. The zero-order valence-corrected chi connectivity index (χ0v) is 12.2. The topological polar surface area (TPSA) is 223 Å². The quantitative estimate of drug-likeness (QED) is 0.104. The summed E-state index contributed by atoms with van der Waals surface area (Å²) in [6.45, 7) is -0.436. The molecule has 0 aliphatic carbocycles. The molecule has 3 aliphatic rings. The smallest absolute Gasteiger partial charge is 0.404 e. The molecule has 0 saturated carbocycles. The van der Waals surface area contributed by atoms with Crippen molar-refractivity contribution in [2.24, 2.45) is 22.2 Å². The highest BCUT2D eigenvalue weighted by molar-refractivity contribution is 5.83. The summed E-state index contributed by atoms with van der Waals surface area (Å²) in [4.78, 5) is 19.5. The Labute approximate surface area is 134 Å². The molecule has 1 spiro atoms. The van der Waals surface area contributed by atoms with Gasteiger partial charge >= 0.3 is 12.1 Å². The maximum absolute atomic E-state index is 10.9. The molecule has 134 valence electrons. The number of guanidine groups is 2. The summed E-state index contributed by atoms with van der Waals surface area (Å²) < 4.78 is 6.08. The zero-order chi connectivity index (χ0) is 17.7. The van der Waals surface area contributed by atoms with Gasteiger partial charge in [0.15, 0.2) is 18.1 Å². The first-order valence-electron chi connectivity index (χ1n) is 6.86. The van der Waals surface area contributed by atoms with E-state index in [0.29, 0.717) is 0 Å². The number of nitrogens with zero attached hydrogens (tertiary/aromatic N) is 2. The first-order chi connectivity index (χ1) is 11.2. The van der Waals surface area contributed by atoms with Gasteiger partial charge in [0.2, 0.25) is 5.66 Å². The molecule has 1 saturated heterocycles. The molecule has 3 heterocycles. The number of ether oxygens (including phenoxy) is 1. The van der Waals surface area contributed by atoms with Crippen LogP contribution in [0.1, 0.15) is 0 Å². The lowest BCUT2D eigenvalue weighted by Crippen LogP contribution is -2.78. The number of nitrogens with two attached hydrogens (primary N) is 3. The van der Waals surface area contributed by atoms with Crippen molar-refractivity contribution in [2.75, 3.05) is 13.2 Å². The van der Waals surface area contributed by atoms with Gasteiger partial charge in [0, 0.05) is 0 Å². The van der Waals surface area contributed by atoms with E-state index < -0.39 is 35.7 Å². The lowest BCUT2D eigenvalue weighted by Gasteiger charge is -2.43. The van der Waals surface area contributed by atoms with Crippen molar-refractivity contribution in [3.8, 4) is 0 Å². The lowest BCUT2D eigenvalue weighted by atomic mass is 9.86. The second-order valence-electron chi connectivity index (χ2n) is 5.61. The van der Waals surface area contributed by atoms with Crippen LogP contribution in [0.3, 0.4) is 0 Å². The fourth-order valence-electron chi connectivity index (χ4n) is 3.43. The van der Waals surface area contributed by atoms with E-state index in [1.54, 1.807) is 0 Å². The Balaban J connectivity index is 2.03. The van der Waals surface area contributed by atoms with Crippen LogP contribution in [0.15, 0.2) is 4.99 Å². The minimum absolute atomic E-state index is 0.0123. The fourth-order valence-corrected chi connectivity index (χ4v) is 3.43. The predicted molar refractivity (Wildman–Crippen MR) is 73.8 cm³/mol. The van der Waals surface area contributed by atoms with Gasteiger partial charge in [0.05, 0.1) is 0 Å². The molecule has 0 aromatic heterocycles. The van der Waals surface area contributed by atoms with Gasteiger partial charge in [-0.2, -0.15) is 4.89 Å². The van der Waals surface area contributed by atoms with Crippen molar-refractivity contribution < 1.29 is 39.5 Å². The lowest BCUT2D eigenvalue weighted by molar-refractivity contribution is -0.624. The van der Waals surface area contributed by atoms with Gasteiger partial charge in [-0.15, -0.1) is 0 Å². The Morgan fingerprint density at radius 1 is 1.46 bits per heavy atom. The minimum Gasteiger partial charge on any atom is -0.446 e. The molecule has 0 radical (unpaired) electrons. The van der Waals surface area contributed by atoms with Crippen molar-refractivity contribution >= 4 is 18.0 Å². The standard InChI is InChI=1S/C10H17N7O7/c11-6-15-5-3(2-22-8(13)18)14-7(12)17-1-4(23-24-21)10(19,20)9(5,17)16-6/h3-5,19-20H,1-2H2,(H8,11,12,13,14,15,16,18,21)/p+1/t3-,4+,5-,9-/m0/s1. The Hall–Kier alpha value is -2.39. The van der Waals surface area contributed by atoms with E-state index in [2.05, 4.69) is 25.6 Å². The van der Waals surface area contributed by atoms with Crippen LogP contribution in [-0.4, -0.2) is 80.8 Å². The van der Waals surface area contributed by atoms with Crippen molar-refractivity contribution in [1.29, 1.82) is 0 Å². The van der Waals surface area contributed by atoms with Gasteiger partial charge in [-0.1, -0.05) is 5.04 Å². The van der Waals surface area contributed by atoms with Crippen LogP contribution < -0.4 is 27.8 Å². The summed E-state index contributed by atoms with van der Waals surface area (Å²) in [7, 11) is 0. The van der Waals surface area contributed by atoms with Crippen molar-refractivity contribution in [3.05, 3.63) is 0 Å². The summed E-state index contributed by atoms with van der Waals surface area (Å²) in [6, 6.07) is -1.72. The molecule has 3 aliphatic heterocycles. The first-order valence-corrected chi connectivity index (χ1v) is 6.86. The number of aliphatic hydroxyl groups is 2. The monoisotopic (exact) mass is 348 g/mol. The number of carbonyl (C=O) groups is 1. The predicted octanol–water partition coefficient (Wildman–Crippen LogP) is -5.15. The number of aliphatic imine (C=N–C) groups is 1. The average molecular weight is 348 g/mol. The van der Waals surface area contributed by atoms with E-state index in [0.717, 1.165) is 0 Å². The summed E-state index contributed by atoms with van der Waals surface area (Å²) >= 11 is 0. The number of nitrogens with one attached hydrogen (secondary N) is 2. The molecular weight excluding hydrogens is 330 g/mol. The molecule has 0 aromatic carbocycles. The maximum Gasteiger partial charge on any atom is 0.404 e. The third-order valence-electron chi connectivity index (χ3n) is 4.38. The average Bonchev–Trinajstić information content (AvgIpc) is 2.95. The van der Waals surface area contributed by atoms with Crippen molar-refractivity contribution in [1.82, 2.24) is 10.6 Å². The number of hydrogen-bond donors (Lipinski definition) is 8. The van der Waals surface area contributed by atoms with Crippen LogP contribution in [0.25, 0.3) is 0 Å². The summed E-state index contributed by atoms with van der Waals surface area (Å²) in [5.74, 6) is -2.72. The van der Waals surface area contributed by atoms with Gasteiger partial charge in [0.25, 0.3) is 5.79 Å². The highest BCUT2D eigenvalue weighted by Crippen LogP contribution is 2.42. The van der Waals surface area contributed by atoms with Gasteiger partial charge in [0.1, 0.15) is 19.2 Å². The third-order valence-corrected chi connectivity index (χ3v) is 4.38. The van der Waals surface area contributed by atoms with E-state index in [4.69, 9.17) is 27.2 Å². The number of primary amides is 1. The fraction of sp³-hybridized carbons (Fsp3) is 0.700. The Morgan fingerprint density at radius 3 is 2.79 bits per heavy atom. The molecule has 4 atom stereocenters. The van der Waals surface area contributed by atoms with Gasteiger partial charge in [-0.3, -0.25) is 11.1 Å². The Kier molecular flexibility index (Phi) is 3.65. The highest BCUT2D eigenvalue weighted by Gasteiger charge is 2.76. The van der Waals surface area contributed by atoms with E-state index in [-0.39, 0.29) is 25.1 Å². The summed E-state index contributed by atoms with van der Waals surface area (Å²) in [5, 5.41) is 38.9. The SMILES string of the molecule is NC(=O)OC[C@@H]1NC(N)=[N+]2C[C@@H](OOO)C(O)(O)[C@@]23NC(N)=N[C@@H]13. The molecule has 0 bridgehead atoms. The van der Waals surface area contributed by atoms with Crippen LogP contribution in [0.5, 0.6) is 0 Å². The van der Waals surface area contributed by atoms with Crippen LogP contribution >= 0.6 is 0 Å². The van der Waals surface area contributed by atoms with Gasteiger partial charge < -0.3 is 31.7 Å². The molecule has 1 amide bonds. The van der Waals surface area contributed by atoms with Crippen LogP contribution in [0, 0.1) is 0 Å². The number of hydrogen-bond acceptors (Lipinski definition) is 12. The van der Waals surface area contributed by atoms with E-state index >= 15 is 0 Å². The molecule has 11 N–H and O–H groups in total. The second-order valence-corrected chi connectivity index (χ2v) is 5.61. The summed E-state index contributed by atoms with van der Waals surface area (Å²) in [6.07, 6.45) is -2.44. The normalized spacial score (nSPS) is 36.3. The minimum atomic E-state index is -2.64. The molecule has 1 fully saturated rings. The Bertz CT molecular complexity index is 623. The van der Waals surface area contributed by atoms with E-state index in [1.165, 1.54) is 4.58 Å². The summed E-state index contributed by atoms with van der Waals surface area (Å²) in [5.41, 5.74) is 14.9. The van der Waals surface area contributed by atoms with Crippen LogP contribution in [0.4, 0.5) is 4.79 Å². The number of rotatable bonds is 4. The molecule has 24 heavy (non-hydrogen) atoms. The zero-order valence-electron chi connectivity index (χ0n) is 12.2. The molecule has 14 nitrogen and oxygen atoms in total. The van der Waals surface area contributed by atoms with Crippen molar-refractivity contribution in [2.45, 2.75) is 29.6 Å². The molecule has 3 rings (SSSR count). The molecule has 0 aromatic rings. The molecule has 0 unspecified atom stereocenters. The Morgan fingerprint density at radius 2 is 2.17 bits per heavy atom. The van der Waals surface area contributed by atoms with E-state index in [9.17, 15) is 15.0 Å². The highest BCUT2D eigenvalue weighted by atomic mass is 17.5. The van der Waals surface area contributed by atoms with Crippen molar-refractivity contribution in [3.63, 3.8) is 0 Å². The number of amides is 1.